The summed E-state index contributed by atoms with van der Waals surface area (Å²) in [4.78, 5) is 10.5. The molecular formula is C8H7Br2NO2. The van der Waals surface area contributed by atoms with Gasteiger partial charge in [-0.05, 0) is 12.1 Å². The molecule has 0 aliphatic rings. The Balaban J connectivity index is 3.13. The number of benzene rings is 1. The van der Waals surface area contributed by atoms with E-state index in [1.54, 1.807) is 12.1 Å². The van der Waals surface area contributed by atoms with Gasteiger partial charge in [0.2, 0.25) is 0 Å². The van der Waals surface area contributed by atoms with Gasteiger partial charge in [0.05, 0.1) is 6.42 Å². The Hall–Kier alpha value is -0.550. The van der Waals surface area contributed by atoms with E-state index in [0.29, 0.717) is 15.7 Å². The maximum absolute atomic E-state index is 10.5. The molecule has 0 atom stereocenters. The lowest BCUT2D eigenvalue weighted by atomic mass is 10.1. The first-order valence-electron chi connectivity index (χ1n) is 3.46. The van der Waals surface area contributed by atoms with Crippen molar-refractivity contribution in [1.82, 2.24) is 0 Å². The molecule has 0 aliphatic heterocycles. The van der Waals surface area contributed by atoms with Gasteiger partial charge < -0.3 is 10.8 Å². The van der Waals surface area contributed by atoms with Gasteiger partial charge in [-0.15, -0.1) is 0 Å². The summed E-state index contributed by atoms with van der Waals surface area (Å²) < 4.78 is 1.53. The smallest absolute Gasteiger partial charge is 0.307 e. The fraction of sp³-hybridized carbons (Fsp3) is 0.125. The number of halogens is 2. The van der Waals surface area contributed by atoms with Crippen LogP contribution in [0.3, 0.4) is 0 Å². The quantitative estimate of drug-likeness (QED) is 0.825. The third-order valence-corrected chi connectivity index (χ3v) is 2.69. The minimum atomic E-state index is -0.894. The second-order valence-electron chi connectivity index (χ2n) is 2.53. The van der Waals surface area contributed by atoms with Crippen molar-refractivity contribution in [3.8, 4) is 0 Å². The normalized spacial score (nSPS) is 10.0. The minimum absolute atomic E-state index is 0.0697. The van der Waals surface area contributed by atoms with Crippen molar-refractivity contribution in [3.63, 3.8) is 0 Å². The number of anilines is 1. The van der Waals surface area contributed by atoms with Gasteiger partial charge in [0.1, 0.15) is 0 Å². The molecule has 0 aromatic heterocycles. The number of carbonyl (C=O) groups is 1. The average Bonchev–Trinajstić information content (AvgIpc) is 1.96. The van der Waals surface area contributed by atoms with Crippen LogP contribution in [0.25, 0.3) is 0 Å². The predicted octanol–water partition coefficient (Wildman–Crippen LogP) is 2.42. The number of nitrogens with two attached hydrogens (primary N) is 1. The summed E-state index contributed by atoms with van der Waals surface area (Å²) in [6, 6.07) is 3.46. The van der Waals surface area contributed by atoms with Crippen LogP contribution >= 0.6 is 31.9 Å². The first kappa shape index (κ1) is 10.5. The molecule has 0 aliphatic carbocycles. The van der Waals surface area contributed by atoms with Gasteiger partial charge in [-0.25, -0.2) is 0 Å². The van der Waals surface area contributed by atoms with Gasteiger partial charge in [-0.3, -0.25) is 4.79 Å². The summed E-state index contributed by atoms with van der Waals surface area (Å²) in [5, 5.41) is 8.60. The first-order valence-corrected chi connectivity index (χ1v) is 5.04. The molecule has 0 fully saturated rings. The lowest BCUT2D eigenvalue weighted by molar-refractivity contribution is -0.136. The summed E-state index contributed by atoms with van der Waals surface area (Å²) in [5.74, 6) is -0.894. The van der Waals surface area contributed by atoms with E-state index < -0.39 is 5.97 Å². The number of carboxylic acids is 1. The molecule has 3 N–H and O–H groups in total. The maximum Gasteiger partial charge on any atom is 0.307 e. The third kappa shape index (κ3) is 2.70. The summed E-state index contributed by atoms with van der Waals surface area (Å²) in [5.41, 5.74) is 6.73. The molecule has 0 heterocycles. The van der Waals surface area contributed by atoms with Crippen LogP contribution in [0, 0.1) is 0 Å². The summed E-state index contributed by atoms with van der Waals surface area (Å²) in [6.07, 6.45) is -0.0697. The topological polar surface area (TPSA) is 63.3 Å². The molecule has 0 saturated heterocycles. The van der Waals surface area contributed by atoms with Crippen LogP contribution in [0.2, 0.25) is 0 Å². The molecule has 1 rings (SSSR count). The molecule has 13 heavy (non-hydrogen) atoms. The molecule has 1 aromatic rings. The van der Waals surface area contributed by atoms with Gasteiger partial charge in [0.25, 0.3) is 0 Å². The van der Waals surface area contributed by atoms with Crippen LogP contribution in [0.15, 0.2) is 21.1 Å². The number of carboxylic acid groups (broad SMARTS) is 1. The fourth-order valence-electron chi connectivity index (χ4n) is 0.961. The molecular weight excluding hydrogens is 302 g/mol. The lowest BCUT2D eigenvalue weighted by Gasteiger charge is -2.06. The van der Waals surface area contributed by atoms with Gasteiger partial charge >= 0.3 is 5.97 Å². The van der Waals surface area contributed by atoms with Crippen molar-refractivity contribution in [2.24, 2.45) is 0 Å². The molecule has 0 unspecified atom stereocenters. The number of nitrogen functional groups attached to an aromatic ring is 1. The number of aliphatic carboxylic acids is 1. The zero-order valence-electron chi connectivity index (χ0n) is 6.55. The van der Waals surface area contributed by atoms with Gasteiger partial charge in [0, 0.05) is 20.2 Å². The third-order valence-electron chi connectivity index (χ3n) is 1.52. The molecule has 0 spiro atoms. The van der Waals surface area contributed by atoms with Gasteiger partial charge in [-0.1, -0.05) is 31.9 Å². The Morgan fingerprint density at radius 1 is 1.46 bits per heavy atom. The van der Waals surface area contributed by atoms with Crippen molar-refractivity contribution in [2.75, 3.05) is 5.73 Å². The average molecular weight is 309 g/mol. The zero-order chi connectivity index (χ0) is 10.0. The lowest BCUT2D eigenvalue weighted by Crippen LogP contribution is -2.04. The van der Waals surface area contributed by atoms with Crippen molar-refractivity contribution in [1.29, 1.82) is 0 Å². The Bertz CT molecular complexity index is 329. The van der Waals surface area contributed by atoms with Crippen LogP contribution < -0.4 is 5.73 Å². The monoisotopic (exact) mass is 307 g/mol. The number of hydrogen-bond donors (Lipinski definition) is 2. The summed E-state index contributed by atoms with van der Waals surface area (Å²) >= 11 is 6.51. The Kier molecular flexibility index (Phi) is 3.33. The molecule has 0 saturated carbocycles. The molecule has 0 radical (unpaired) electrons. The number of hydrogen-bond acceptors (Lipinski definition) is 2. The highest BCUT2D eigenvalue weighted by Gasteiger charge is 2.09. The molecule has 0 amide bonds. The van der Waals surface area contributed by atoms with Crippen LogP contribution in [0.5, 0.6) is 0 Å². The highest BCUT2D eigenvalue weighted by molar-refractivity contribution is 9.11. The highest BCUT2D eigenvalue weighted by atomic mass is 79.9. The zero-order valence-corrected chi connectivity index (χ0v) is 9.72. The molecule has 70 valence electrons. The summed E-state index contributed by atoms with van der Waals surface area (Å²) in [6.45, 7) is 0. The van der Waals surface area contributed by atoms with Crippen LogP contribution in [0.1, 0.15) is 5.56 Å². The van der Waals surface area contributed by atoms with Crippen molar-refractivity contribution in [3.05, 3.63) is 26.6 Å². The van der Waals surface area contributed by atoms with E-state index in [1.165, 1.54) is 0 Å². The fourth-order valence-corrected chi connectivity index (χ4v) is 2.36. The second kappa shape index (κ2) is 4.11. The maximum atomic E-state index is 10.5. The second-order valence-corrected chi connectivity index (χ2v) is 4.30. The Morgan fingerprint density at radius 2 is 2.08 bits per heavy atom. The van der Waals surface area contributed by atoms with Crippen LogP contribution in [0.4, 0.5) is 5.69 Å². The van der Waals surface area contributed by atoms with Crippen molar-refractivity contribution in [2.45, 2.75) is 6.42 Å². The predicted molar refractivity (Wildman–Crippen MR) is 57.6 cm³/mol. The highest BCUT2D eigenvalue weighted by Crippen LogP contribution is 2.28. The van der Waals surface area contributed by atoms with E-state index in [0.717, 1.165) is 4.47 Å². The molecule has 3 nitrogen and oxygen atoms in total. The van der Waals surface area contributed by atoms with E-state index >= 15 is 0 Å². The SMILES string of the molecule is Nc1cc(Br)cc(Br)c1CC(=O)O. The van der Waals surface area contributed by atoms with E-state index in [9.17, 15) is 4.79 Å². The molecule has 0 bridgehead atoms. The first-order chi connectivity index (χ1) is 6.00. The van der Waals surface area contributed by atoms with Gasteiger partial charge in [0.15, 0.2) is 0 Å². The van der Waals surface area contributed by atoms with Crippen LogP contribution in [-0.2, 0) is 11.2 Å². The molecule has 1 aromatic carbocycles. The molecule has 5 heteroatoms. The Morgan fingerprint density at radius 3 is 2.54 bits per heavy atom. The Labute approximate surface area is 92.2 Å². The summed E-state index contributed by atoms with van der Waals surface area (Å²) in [7, 11) is 0. The van der Waals surface area contributed by atoms with E-state index in [4.69, 9.17) is 10.8 Å². The van der Waals surface area contributed by atoms with E-state index in [2.05, 4.69) is 31.9 Å². The van der Waals surface area contributed by atoms with Crippen LogP contribution in [-0.4, -0.2) is 11.1 Å². The standard InChI is InChI=1S/C8H7Br2NO2/c9-4-1-6(10)5(3-8(12)13)7(11)2-4/h1-2H,3,11H2,(H,12,13). The van der Waals surface area contributed by atoms with Gasteiger partial charge in [-0.2, -0.15) is 0 Å². The largest absolute Gasteiger partial charge is 0.481 e. The minimum Gasteiger partial charge on any atom is -0.481 e. The van der Waals surface area contributed by atoms with Crippen molar-refractivity contribution < 1.29 is 9.90 Å². The van der Waals surface area contributed by atoms with E-state index in [-0.39, 0.29) is 6.42 Å². The van der Waals surface area contributed by atoms with E-state index in [1.807, 2.05) is 0 Å². The van der Waals surface area contributed by atoms with Crippen molar-refractivity contribution >= 4 is 43.5 Å². The number of rotatable bonds is 2.